The van der Waals surface area contributed by atoms with Gasteiger partial charge in [0.1, 0.15) is 0 Å². The van der Waals surface area contributed by atoms with Crippen molar-refractivity contribution >= 4 is 23.1 Å². The maximum Gasteiger partial charge on any atom is 0.225 e. The average molecular weight is 299 g/mol. The Hall–Kier alpha value is -0.680. The molecule has 116 valence electrons. The van der Waals surface area contributed by atoms with Gasteiger partial charge >= 0.3 is 0 Å². The summed E-state index contributed by atoms with van der Waals surface area (Å²) >= 11 is 4.94. The lowest BCUT2D eigenvalue weighted by atomic mass is 9.88. The summed E-state index contributed by atoms with van der Waals surface area (Å²) < 4.78 is 0. The molecule has 5 heteroatoms. The van der Waals surface area contributed by atoms with Crippen LogP contribution in [0.3, 0.4) is 0 Å². The molecule has 0 heterocycles. The second-order valence-electron chi connectivity index (χ2n) is 6.03. The van der Waals surface area contributed by atoms with Crippen LogP contribution in [0.2, 0.25) is 0 Å². The average Bonchev–Trinajstić information content (AvgIpc) is 2.42. The molecule has 0 atom stereocenters. The third kappa shape index (κ3) is 6.66. The van der Waals surface area contributed by atoms with Crippen molar-refractivity contribution in [1.82, 2.24) is 9.80 Å². The minimum absolute atomic E-state index is 0.231. The van der Waals surface area contributed by atoms with Crippen molar-refractivity contribution in [3.63, 3.8) is 0 Å². The van der Waals surface area contributed by atoms with Crippen LogP contribution in [0.15, 0.2) is 0 Å². The van der Waals surface area contributed by atoms with E-state index >= 15 is 0 Å². The molecule has 0 spiro atoms. The summed E-state index contributed by atoms with van der Waals surface area (Å²) in [6.07, 6.45) is 7.40. The highest BCUT2D eigenvalue weighted by Crippen LogP contribution is 2.25. The Kier molecular flexibility index (Phi) is 8.07. The lowest BCUT2D eigenvalue weighted by Gasteiger charge is -2.29. The Balaban J connectivity index is 2.49. The Bertz CT molecular complexity index is 314. The SMILES string of the molecule is CN(C)CCCN(CCC(N)=S)C(=O)C1CCCCC1. The molecule has 0 aromatic carbocycles. The zero-order valence-corrected chi connectivity index (χ0v) is 13.8. The van der Waals surface area contributed by atoms with Gasteiger partial charge in [-0.2, -0.15) is 0 Å². The number of hydrogen-bond acceptors (Lipinski definition) is 3. The molecule has 0 aromatic heterocycles. The van der Waals surface area contributed by atoms with E-state index in [1.54, 1.807) is 0 Å². The second-order valence-corrected chi connectivity index (χ2v) is 6.56. The fourth-order valence-electron chi connectivity index (χ4n) is 2.76. The van der Waals surface area contributed by atoms with Gasteiger partial charge < -0.3 is 15.5 Å². The Morgan fingerprint density at radius 2 is 1.80 bits per heavy atom. The molecular weight excluding hydrogens is 270 g/mol. The largest absolute Gasteiger partial charge is 0.393 e. The van der Waals surface area contributed by atoms with Gasteiger partial charge in [-0.1, -0.05) is 31.5 Å². The quantitative estimate of drug-likeness (QED) is 0.697. The van der Waals surface area contributed by atoms with Gasteiger partial charge in [0, 0.05) is 25.4 Å². The predicted octanol–water partition coefficient (Wildman–Crippen LogP) is 2.02. The number of rotatable bonds is 8. The van der Waals surface area contributed by atoms with E-state index in [1.165, 1.54) is 19.3 Å². The molecule has 1 amide bonds. The molecule has 4 nitrogen and oxygen atoms in total. The Labute approximate surface area is 128 Å². The van der Waals surface area contributed by atoms with Gasteiger partial charge in [0.2, 0.25) is 5.91 Å². The van der Waals surface area contributed by atoms with Crippen LogP contribution >= 0.6 is 12.2 Å². The molecular formula is C15H29N3OS. The number of nitrogens with two attached hydrogens (primary N) is 1. The van der Waals surface area contributed by atoms with Crippen LogP contribution in [0.4, 0.5) is 0 Å². The summed E-state index contributed by atoms with van der Waals surface area (Å²) in [6.45, 7) is 2.50. The molecule has 0 saturated heterocycles. The van der Waals surface area contributed by atoms with E-state index in [0.717, 1.165) is 32.4 Å². The Morgan fingerprint density at radius 3 is 2.35 bits per heavy atom. The van der Waals surface area contributed by atoms with Gasteiger partial charge in [-0.25, -0.2) is 0 Å². The summed E-state index contributed by atoms with van der Waals surface area (Å²) in [5, 5.41) is 0. The smallest absolute Gasteiger partial charge is 0.225 e. The summed E-state index contributed by atoms with van der Waals surface area (Å²) in [4.78, 5) is 17.2. The summed E-state index contributed by atoms with van der Waals surface area (Å²) in [5.74, 6) is 0.550. The number of carbonyl (C=O) groups excluding carboxylic acids is 1. The van der Waals surface area contributed by atoms with Crippen molar-refractivity contribution in [2.45, 2.75) is 44.9 Å². The maximum absolute atomic E-state index is 12.6. The van der Waals surface area contributed by atoms with Gasteiger partial charge in [-0.05, 0) is 39.9 Å². The third-order valence-corrected chi connectivity index (χ3v) is 4.13. The van der Waals surface area contributed by atoms with Gasteiger partial charge in [0.05, 0.1) is 4.99 Å². The van der Waals surface area contributed by atoms with Crippen LogP contribution in [0.1, 0.15) is 44.9 Å². The highest BCUT2D eigenvalue weighted by Gasteiger charge is 2.25. The molecule has 1 fully saturated rings. The lowest BCUT2D eigenvalue weighted by Crippen LogP contribution is -2.40. The number of nitrogens with zero attached hydrogens (tertiary/aromatic N) is 2. The molecule has 1 aliphatic carbocycles. The van der Waals surface area contributed by atoms with Crippen LogP contribution in [0, 0.1) is 5.92 Å². The van der Waals surface area contributed by atoms with Crippen molar-refractivity contribution in [2.24, 2.45) is 11.7 Å². The maximum atomic E-state index is 12.6. The van der Waals surface area contributed by atoms with Crippen LogP contribution < -0.4 is 5.73 Å². The van der Waals surface area contributed by atoms with Crippen molar-refractivity contribution < 1.29 is 4.79 Å². The van der Waals surface area contributed by atoms with E-state index in [1.807, 2.05) is 4.90 Å². The van der Waals surface area contributed by atoms with E-state index in [0.29, 0.717) is 23.9 Å². The van der Waals surface area contributed by atoms with Gasteiger partial charge in [-0.3, -0.25) is 4.79 Å². The first-order valence-electron chi connectivity index (χ1n) is 7.72. The fraction of sp³-hybridized carbons (Fsp3) is 0.867. The standard InChI is InChI=1S/C15H29N3OS/c1-17(2)10-6-11-18(12-9-14(16)20)15(19)13-7-4-3-5-8-13/h13H,3-12H2,1-2H3,(H2,16,20). The fourth-order valence-corrected chi connectivity index (χ4v) is 2.85. The number of hydrogen-bond donors (Lipinski definition) is 1. The molecule has 2 N–H and O–H groups in total. The molecule has 0 bridgehead atoms. The highest BCUT2D eigenvalue weighted by atomic mass is 32.1. The zero-order valence-electron chi connectivity index (χ0n) is 12.9. The Morgan fingerprint density at radius 1 is 1.15 bits per heavy atom. The number of amides is 1. The van der Waals surface area contributed by atoms with Crippen LogP contribution in [0.25, 0.3) is 0 Å². The summed E-state index contributed by atoms with van der Waals surface area (Å²) in [6, 6.07) is 0. The number of carbonyl (C=O) groups is 1. The zero-order chi connectivity index (χ0) is 15.0. The van der Waals surface area contributed by atoms with Crippen molar-refractivity contribution in [1.29, 1.82) is 0 Å². The molecule has 0 radical (unpaired) electrons. The minimum Gasteiger partial charge on any atom is -0.393 e. The van der Waals surface area contributed by atoms with Crippen molar-refractivity contribution in [3.8, 4) is 0 Å². The van der Waals surface area contributed by atoms with Gasteiger partial charge in [-0.15, -0.1) is 0 Å². The first-order valence-corrected chi connectivity index (χ1v) is 8.13. The molecule has 1 saturated carbocycles. The van der Waals surface area contributed by atoms with Gasteiger partial charge in [0.25, 0.3) is 0 Å². The molecule has 1 aliphatic rings. The summed E-state index contributed by atoms with van der Waals surface area (Å²) in [7, 11) is 4.12. The molecule has 0 aliphatic heterocycles. The normalized spacial score (nSPS) is 16.4. The van der Waals surface area contributed by atoms with Crippen molar-refractivity contribution in [3.05, 3.63) is 0 Å². The summed E-state index contributed by atoms with van der Waals surface area (Å²) in [5.41, 5.74) is 5.58. The van der Waals surface area contributed by atoms with E-state index < -0.39 is 0 Å². The topological polar surface area (TPSA) is 49.6 Å². The molecule has 0 unspecified atom stereocenters. The van der Waals surface area contributed by atoms with Crippen LogP contribution in [-0.2, 0) is 4.79 Å². The van der Waals surface area contributed by atoms with E-state index in [9.17, 15) is 4.79 Å². The van der Waals surface area contributed by atoms with E-state index in [2.05, 4.69) is 19.0 Å². The van der Waals surface area contributed by atoms with E-state index in [4.69, 9.17) is 18.0 Å². The first-order chi connectivity index (χ1) is 9.50. The second kappa shape index (κ2) is 9.29. The van der Waals surface area contributed by atoms with Crippen LogP contribution in [-0.4, -0.2) is 54.4 Å². The molecule has 1 rings (SSSR count). The monoisotopic (exact) mass is 299 g/mol. The third-order valence-electron chi connectivity index (χ3n) is 3.93. The molecule has 20 heavy (non-hydrogen) atoms. The van der Waals surface area contributed by atoms with Gasteiger partial charge in [0.15, 0.2) is 0 Å². The highest BCUT2D eigenvalue weighted by molar-refractivity contribution is 7.80. The predicted molar refractivity (Wildman–Crippen MR) is 87.7 cm³/mol. The first kappa shape index (κ1) is 17.4. The van der Waals surface area contributed by atoms with E-state index in [-0.39, 0.29) is 5.92 Å². The number of thiocarbonyl (C=S) groups is 1. The van der Waals surface area contributed by atoms with Crippen LogP contribution in [0.5, 0.6) is 0 Å². The lowest BCUT2D eigenvalue weighted by molar-refractivity contribution is -0.136. The van der Waals surface area contributed by atoms with Crippen molar-refractivity contribution in [2.75, 3.05) is 33.7 Å². The minimum atomic E-state index is 0.231. The molecule has 0 aromatic rings.